The van der Waals surface area contributed by atoms with Gasteiger partial charge in [-0.25, -0.2) is 14.0 Å². The van der Waals surface area contributed by atoms with Gasteiger partial charge in [0, 0.05) is 23.2 Å². The van der Waals surface area contributed by atoms with Crippen LogP contribution in [0.2, 0.25) is 0 Å². The van der Waals surface area contributed by atoms with Gasteiger partial charge in [-0.2, -0.15) is 0 Å². The lowest BCUT2D eigenvalue weighted by molar-refractivity contribution is 0.0521. The lowest BCUT2D eigenvalue weighted by Crippen LogP contribution is -2.35. The number of hydrogen-bond acceptors (Lipinski definition) is 4. The number of nitrogens with one attached hydrogen (secondary N) is 1. The van der Waals surface area contributed by atoms with Crippen LogP contribution in [-0.4, -0.2) is 27.3 Å². The molecule has 3 rings (SSSR count). The minimum atomic E-state index is -1.13. The molecule has 0 aliphatic rings. The molecule has 34 heavy (non-hydrogen) atoms. The van der Waals surface area contributed by atoms with Crippen LogP contribution >= 0.6 is 0 Å². The zero-order valence-corrected chi connectivity index (χ0v) is 19.9. The summed E-state index contributed by atoms with van der Waals surface area (Å²) in [7, 11) is 0. The number of carbonyl (C=O) groups is 2. The molecule has 2 N–H and O–H groups in total. The Morgan fingerprint density at radius 2 is 1.74 bits per heavy atom. The smallest absolute Gasteiger partial charge is 0.407 e. The normalized spacial score (nSPS) is 11.6. The molecule has 3 aromatic rings. The summed E-state index contributed by atoms with van der Waals surface area (Å²) in [6.07, 6.45) is -0.652. The number of amides is 1. The SMILES string of the molecule is CC(C)Cn1c(CNC(=O)OC(C)(C)C)c(-c2ccc(F)cc2)c2cc(C(=O)O)ccc2c1=O. The van der Waals surface area contributed by atoms with E-state index < -0.39 is 23.5 Å². The topological polar surface area (TPSA) is 97.6 Å². The quantitative estimate of drug-likeness (QED) is 0.519. The van der Waals surface area contributed by atoms with Crippen LogP contribution in [-0.2, 0) is 17.8 Å². The van der Waals surface area contributed by atoms with E-state index in [1.807, 2.05) is 13.8 Å². The van der Waals surface area contributed by atoms with Crippen LogP contribution in [0.4, 0.5) is 9.18 Å². The summed E-state index contributed by atoms with van der Waals surface area (Å²) in [4.78, 5) is 37.6. The van der Waals surface area contributed by atoms with Crippen LogP contribution < -0.4 is 10.9 Å². The first kappa shape index (κ1) is 25.0. The molecule has 2 aromatic carbocycles. The van der Waals surface area contributed by atoms with Crippen LogP contribution in [0, 0.1) is 11.7 Å². The molecular weight excluding hydrogens is 439 g/mol. The van der Waals surface area contributed by atoms with Crippen molar-refractivity contribution in [3.8, 4) is 11.1 Å². The van der Waals surface area contributed by atoms with E-state index in [0.29, 0.717) is 34.1 Å². The van der Waals surface area contributed by atoms with Crippen LogP contribution in [0.3, 0.4) is 0 Å². The number of ether oxygens (including phenoxy) is 1. The molecule has 0 fully saturated rings. The van der Waals surface area contributed by atoms with Crippen molar-refractivity contribution in [3.63, 3.8) is 0 Å². The van der Waals surface area contributed by atoms with Crippen LogP contribution in [0.1, 0.15) is 50.7 Å². The lowest BCUT2D eigenvalue weighted by atomic mass is 9.94. The number of benzene rings is 2. The van der Waals surface area contributed by atoms with Crippen molar-refractivity contribution in [2.24, 2.45) is 5.92 Å². The summed E-state index contributed by atoms with van der Waals surface area (Å²) < 4.78 is 20.6. The number of aromatic nitrogens is 1. The number of carboxylic acid groups (broad SMARTS) is 1. The van der Waals surface area contributed by atoms with Crippen molar-refractivity contribution in [2.75, 3.05) is 0 Å². The fourth-order valence-corrected chi connectivity index (χ4v) is 3.78. The predicted octanol–water partition coefficient (Wildman–Crippen LogP) is 5.19. The van der Waals surface area contributed by atoms with Gasteiger partial charge in [-0.15, -0.1) is 0 Å². The predicted molar refractivity (Wildman–Crippen MR) is 128 cm³/mol. The van der Waals surface area contributed by atoms with E-state index in [2.05, 4.69) is 5.32 Å². The zero-order chi connectivity index (χ0) is 25.2. The average Bonchev–Trinajstić information content (AvgIpc) is 2.73. The molecule has 0 aliphatic carbocycles. The number of rotatable bonds is 6. The van der Waals surface area contributed by atoms with Gasteiger partial charge in [0.1, 0.15) is 11.4 Å². The molecule has 7 nitrogen and oxygen atoms in total. The molecule has 180 valence electrons. The van der Waals surface area contributed by atoms with Gasteiger partial charge in [0.25, 0.3) is 5.56 Å². The Labute approximate surface area is 197 Å². The van der Waals surface area contributed by atoms with Gasteiger partial charge in [-0.3, -0.25) is 4.79 Å². The average molecular weight is 469 g/mol. The molecule has 1 heterocycles. The maximum atomic E-state index is 13.7. The molecule has 0 unspecified atom stereocenters. The molecule has 8 heteroatoms. The molecule has 0 atom stereocenters. The largest absolute Gasteiger partial charge is 0.478 e. The Balaban J connectivity index is 2.32. The Hall–Kier alpha value is -3.68. The monoisotopic (exact) mass is 468 g/mol. The second kappa shape index (κ2) is 9.67. The molecular formula is C26H29FN2O5. The highest BCUT2D eigenvalue weighted by molar-refractivity contribution is 6.01. The first-order chi connectivity index (χ1) is 15.9. The Morgan fingerprint density at radius 3 is 2.29 bits per heavy atom. The molecule has 0 bridgehead atoms. The first-order valence-corrected chi connectivity index (χ1v) is 11.0. The first-order valence-electron chi connectivity index (χ1n) is 11.0. The van der Waals surface area contributed by atoms with Crippen molar-refractivity contribution in [2.45, 2.75) is 53.3 Å². The lowest BCUT2D eigenvalue weighted by Gasteiger charge is -2.23. The van der Waals surface area contributed by atoms with Gasteiger partial charge in [0.15, 0.2) is 0 Å². The summed E-state index contributed by atoms with van der Waals surface area (Å²) in [5, 5.41) is 13.0. The summed E-state index contributed by atoms with van der Waals surface area (Å²) >= 11 is 0. The number of alkyl carbamates (subject to hydrolysis) is 1. The third kappa shape index (κ3) is 5.62. The fourth-order valence-electron chi connectivity index (χ4n) is 3.78. The number of halogens is 1. The van der Waals surface area contributed by atoms with Gasteiger partial charge in [0.2, 0.25) is 0 Å². The van der Waals surface area contributed by atoms with Crippen molar-refractivity contribution in [1.29, 1.82) is 0 Å². The van der Waals surface area contributed by atoms with Crippen LogP contribution in [0.15, 0.2) is 47.3 Å². The van der Waals surface area contributed by atoms with Crippen molar-refractivity contribution >= 4 is 22.8 Å². The van der Waals surface area contributed by atoms with Crippen LogP contribution in [0.25, 0.3) is 21.9 Å². The van der Waals surface area contributed by atoms with Gasteiger partial charge in [-0.1, -0.05) is 26.0 Å². The maximum Gasteiger partial charge on any atom is 0.407 e. The summed E-state index contributed by atoms with van der Waals surface area (Å²) in [6.45, 7) is 9.49. The molecule has 0 aliphatic heterocycles. The van der Waals surface area contributed by atoms with E-state index in [9.17, 15) is 23.9 Å². The second-order valence-electron chi connectivity index (χ2n) is 9.56. The number of hydrogen-bond donors (Lipinski definition) is 2. The van der Waals surface area contributed by atoms with Crippen molar-refractivity contribution < 1.29 is 23.8 Å². The Morgan fingerprint density at radius 1 is 1.09 bits per heavy atom. The summed E-state index contributed by atoms with van der Waals surface area (Å²) in [6, 6.07) is 10.1. The number of fused-ring (bicyclic) bond motifs is 1. The van der Waals surface area contributed by atoms with E-state index in [0.717, 1.165) is 0 Å². The zero-order valence-electron chi connectivity index (χ0n) is 19.9. The fraction of sp³-hybridized carbons (Fsp3) is 0.346. The molecule has 0 spiro atoms. The van der Waals surface area contributed by atoms with Crippen molar-refractivity contribution in [3.05, 3.63) is 69.9 Å². The third-order valence-electron chi connectivity index (χ3n) is 5.11. The standard InChI is InChI=1S/C26H29FN2O5/c1-15(2)14-29-21(13-28-25(33)34-26(3,4)5)22(16-6-9-18(27)10-7-16)20-12-17(24(31)32)8-11-19(20)23(29)30/h6-12,15H,13-14H2,1-5H3,(H,28,33)(H,31,32). The van der Waals surface area contributed by atoms with Crippen molar-refractivity contribution in [1.82, 2.24) is 9.88 Å². The van der Waals surface area contributed by atoms with Gasteiger partial charge >= 0.3 is 12.1 Å². The van der Waals surface area contributed by atoms with E-state index in [-0.39, 0.29) is 23.6 Å². The Kier molecular flexibility index (Phi) is 7.09. The molecule has 1 aromatic heterocycles. The minimum absolute atomic E-state index is 0.0166. The van der Waals surface area contributed by atoms with E-state index in [4.69, 9.17) is 4.74 Å². The van der Waals surface area contributed by atoms with E-state index in [1.165, 1.54) is 30.3 Å². The number of carboxylic acids is 1. The molecule has 1 amide bonds. The third-order valence-corrected chi connectivity index (χ3v) is 5.11. The molecule has 0 saturated heterocycles. The molecule has 0 radical (unpaired) electrons. The number of aromatic carboxylic acids is 1. The number of nitrogens with zero attached hydrogens (tertiary/aromatic N) is 1. The van der Waals surface area contributed by atoms with E-state index >= 15 is 0 Å². The number of carbonyl (C=O) groups excluding carboxylic acids is 1. The minimum Gasteiger partial charge on any atom is -0.478 e. The number of pyridine rings is 1. The summed E-state index contributed by atoms with van der Waals surface area (Å²) in [5.41, 5.74) is 0.629. The van der Waals surface area contributed by atoms with Gasteiger partial charge in [0.05, 0.1) is 12.1 Å². The van der Waals surface area contributed by atoms with Gasteiger partial charge < -0.3 is 19.7 Å². The second-order valence-corrected chi connectivity index (χ2v) is 9.56. The summed E-state index contributed by atoms with van der Waals surface area (Å²) in [5.74, 6) is -1.45. The highest BCUT2D eigenvalue weighted by Crippen LogP contribution is 2.32. The van der Waals surface area contributed by atoms with Gasteiger partial charge in [-0.05, 0) is 68.0 Å². The Bertz CT molecular complexity index is 1290. The highest BCUT2D eigenvalue weighted by Gasteiger charge is 2.22. The molecule has 0 saturated carbocycles. The maximum absolute atomic E-state index is 13.7. The van der Waals surface area contributed by atoms with Crippen LogP contribution in [0.5, 0.6) is 0 Å². The highest BCUT2D eigenvalue weighted by atomic mass is 19.1. The van der Waals surface area contributed by atoms with E-state index in [1.54, 1.807) is 37.5 Å².